The highest BCUT2D eigenvalue weighted by atomic mass is 35.5. The Morgan fingerprint density at radius 2 is 1.56 bits per heavy atom. The number of alkyl carbamates (subject to hydrolysis) is 1. The zero-order valence-electron chi connectivity index (χ0n) is 25.5. The molecule has 3 rings (SSSR count). The number of amides is 3. The zero-order chi connectivity index (χ0) is 31.9. The predicted octanol–water partition coefficient (Wildman–Crippen LogP) is 6.80. The molecule has 0 aliphatic heterocycles. The maximum Gasteiger partial charge on any atom is 0.408 e. The van der Waals surface area contributed by atoms with E-state index in [0.29, 0.717) is 21.8 Å². The average Bonchev–Trinajstić information content (AvgIpc) is 2.91. The second-order valence-electron chi connectivity index (χ2n) is 11.5. The van der Waals surface area contributed by atoms with E-state index in [2.05, 4.69) is 17.2 Å². The van der Waals surface area contributed by atoms with Crippen molar-refractivity contribution in [1.29, 1.82) is 0 Å². The molecular weight excluding hydrogens is 566 g/mol. The highest BCUT2D eigenvalue weighted by Gasteiger charge is 2.37. The van der Waals surface area contributed by atoms with E-state index in [1.807, 2.05) is 45.0 Å². The lowest BCUT2D eigenvalue weighted by molar-refractivity contribution is -0.140. The van der Waals surface area contributed by atoms with Crippen LogP contribution in [0.5, 0.6) is 5.75 Å². The molecule has 0 fully saturated rings. The SMILES string of the molecule is C=CCN(C(=O)C(Cc1ccc(O)cc1)NC(=O)OC(C)(C)C)C(C(=O)Nc1c(C)cccc1Cl)c1c(C)cccc1C. The van der Waals surface area contributed by atoms with Gasteiger partial charge in [-0.1, -0.05) is 60.1 Å². The number of benzene rings is 3. The van der Waals surface area contributed by atoms with Crippen LogP contribution in [0.4, 0.5) is 10.5 Å². The number of nitrogens with one attached hydrogen (secondary N) is 2. The molecule has 0 heterocycles. The first-order valence-electron chi connectivity index (χ1n) is 14.0. The van der Waals surface area contributed by atoms with E-state index < -0.39 is 35.6 Å². The van der Waals surface area contributed by atoms with E-state index in [0.717, 1.165) is 16.7 Å². The first-order valence-corrected chi connectivity index (χ1v) is 14.4. The number of nitrogens with zero attached hydrogens (tertiary/aromatic N) is 1. The molecule has 0 bridgehead atoms. The van der Waals surface area contributed by atoms with Crippen molar-refractivity contribution in [3.63, 3.8) is 0 Å². The summed E-state index contributed by atoms with van der Waals surface area (Å²) in [4.78, 5) is 43.1. The van der Waals surface area contributed by atoms with Gasteiger partial charge in [0.1, 0.15) is 23.4 Å². The molecule has 0 aromatic heterocycles. The van der Waals surface area contributed by atoms with Crippen LogP contribution in [-0.2, 0) is 20.7 Å². The summed E-state index contributed by atoms with van der Waals surface area (Å²) in [6.45, 7) is 14.6. The van der Waals surface area contributed by atoms with Gasteiger partial charge in [0.15, 0.2) is 0 Å². The third-order valence-electron chi connectivity index (χ3n) is 6.82. The highest BCUT2D eigenvalue weighted by molar-refractivity contribution is 6.34. The lowest BCUT2D eigenvalue weighted by atomic mass is 9.93. The molecule has 0 radical (unpaired) electrons. The van der Waals surface area contributed by atoms with Gasteiger partial charge in [0, 0.05) is 13.0 Å². The number of hydrogen-bond acceptors (Lipinski definition) is 5. The Kier molecular flexibility index (Phi) is 11.0. The fourth-order valence-electron chi connectivity index (χ4n) is 4.85. The van der Waals surface area contributed by atoms with E-state index >= 15 is 0 Å². The number of carbonyl (C=O) groups is 3. The molecule has 0 aliphatic carbocycles. The first-order chi connectivity index (χ1) is 20.2. The number of anilines is 1. The molecule has 0 spiro atoms. The first kappa shape index (κ1) is 33.2. The Balaban J connectivity index is 2.13. The summed E-state index contributed by atoms with van der Waals surface area (Å²) in [5, 5.41) is 15.8. The number of phenolic OH excluding ortho intramolecular Hbond substituents is 1. The van der Waals surface area contributed by atoms with Crippen molar-refractivity contribution >= 4 is 35.2 Å². The number of hydrogen-bond donors (Lipinski definition) is 3. The van der Waals surface area contributed by atoms with Gasteiger partial charge in [-0.15, -0.1) is 6.58 Å². The Bertz CT molecular complexity index is 1440. The van der Waals surface area contributed by atoms with Gasteiger partial charge in [-0.3, -0.25) is 9.59 Å². The summed E-state index contributed by atoms with van der Waals surface area (Å²) in [5.41, 5.74) is 3.38. The second kappa shape index (κ2) is 14.2. The number of para-hydroxylation sites is 1. The minimum absolute atomic E-state index is 0.00821. The summed E-state index contributed by atoms with van der Waals surface area (Å²) in [5.74, 6) is -0.913. The third-order valence-corrected chi connectivity index (χ3v) is 7.13. The predicted molar refractivity (Wildman–Crippen MR) is 170 cm³/mol. The van der Waals surface area contributed by atoms with Crippen molar-refractivity contribution in [3.8, 4) is 5.75 Å². The minimum Gasteiger partial charge on any atom is -0.508 e. The number of ether oxygens (including phenoxy) is 1. The number of aromatic hydroxyl groups is 1. The Morgan fingerprint density at radius 3 is 2.12 bits per heavy atom. The van der Waals surface area contributed by atoms with E-state index in [4.69, 9.17) is 16.3 Å². The highest BCUT2D eigenvalue weighted by Crippen LogP contribution is 2.32. The topological polar surface area (TPSA) is 108 Å². The van der Waals surface area contributed by atoms with Gasteiger partial charge in [-0.25, -0.2) is 4.79 Å². The molecule has 43 heavy (non-hydrogen) atoms. The van der Waals surface area contributed by atoms with Crippen molar-refractivity contribution in [3.05, 3.63) is 106 Å². The van der Waals surface area contributed by atoms with Gasteiger partial charge in [-0.05, 0) is 87.6 Å². The molecule has 3 aromatic carbocycles. The summed E-state index contributed by atoms with van der Waals surface area (Å²) < 4.78 is 5.48. The number of carbonyl (C=O) groups excluding carboxylic acids is 3. The molecule has 9 heteroatoms. The lowest BCUT2D eigenvalue weighted by Crippen LogP contribution is -2.53. The van der Waals surface area contributed by atoms with Crippen LogP contribution in [-0.4, -0.2) is 46.1 Å². The summed E-state index contributed by atoms with van der Waals surface area (Å²) >= 11 is 6.46. The second-order valence-corrected chi connectivity index (χ2v) is 11.9. The van der Waals surface area contributed by atoms with Gasteiger partial charge in [0.05, 0.1) is 10.7 Å². The standard InChI is InChI=1S/C34H40ClN3O5/c1-8-19-38(32(41)27(36-33(42)43-34(5,6)7)20-24-15-17-25(39)18-16-24)30(28-21(2)11-9-12-22(28)3)31(40)37-29-23(4)13-10-14-26(29)35/h8-18,27,30,39H,1,19-20H2,2-7H3,(H,36,42)(H,37,40). The summed E-state index contributed by atoms with van der Waals surface area (Å²) in [6, 6.07) is 15.1. The van der Waals surface area contributed by atoms with Gasteiger partial charge in [0.25, 0.3) is 5.91 Å². The van der Waals surface area contributed by atoms with Gasteiger partial charge < -0.3 is 25.4 Å². The number of halogens is 1. The van der Waals surface area contributed by atoms with Crippen LogP contribution in [0.3, 0.4) is 0 Å². The molecule has 2 atom stereocenters. The number of aryl methyl sites for hydroxylation is 3. The molecule has 3 aromatic rings. The van der Waals surface area contributed by atoms with E-state index in [1.165, 1.54) is 23.1 Å². The van der Waals surface area contributed by atoms with Crippen molar-refractivity contribution in [2.24, 2.45) is 0 Å². The summed E-state index contributed by atoms with van der Waals surface area (Å²) in [7, 11) is 0. The Labute approximate surface area is 258 Å². The Morgan fingerprint density at radius 1 is 0.977 bits per heavy atom. The van der Waals surface area contributed by atoms with Crippen molar-refractivity contribution in [2.75, 3.05) is 11.9 Å². The Hall–Kier alpha value is -4.30. The molecule has 0 aliphatic rings. The number of rotatable bonds is 10. The van der Waals surface area contributed by atoms with Crippen LogP contribution in [0.1, 0.15) is 54.6 Å². The maximum atomic E-state index is 14.5. The largest absolute Gasteiger partial charge is 0.508 e. The van der Waals surface area contributed by atoms with Crippen LogP contribution in [0.25, 0.3) is 0 Å². The van der Waals surface area contributed by atoms with E-state index in [-0.39, 0.29) is 18.7 Å². The average molecular weight is 606 g/mol. The molecule has 0 saturated heterocycles. The fraction of sp³-hybridized carbons (Fsp3) is 0.324. The normalized spacial score (nSPS) is 12.5. The molecule has 228 valence electrons. The van der Waals surface area contributed by atoms with Crippen LogP contribution in [0.15, 0.2) is 73.3 Å². The van der Waals surface area contributed by atoms with E-state index in [9.17, 15) is 19.5 Å². The van der Waals surface area contributed by atoms with Gasteiger partial charge >= 0.3 is 6.09 Å². The molecular formula is C34H40ClN3O5. The summed E-state index contributed by atoms with van der Waals surface area (Å²) in [6.07, 6.45) is 0.844. The molecule has 0 saturated carbocycles. The fourth-order valence-corrected chi connectivity index (χ4v) is 5.12. The molecule has 2 unspecified atom stereocenters. The molecule has 3 N–H and O–H groups in total. The van der Waals surface area contributed by atoms with Crippen LogP contribution in [0, 0.1) is 20.8 Å². The van der Waals surface area contributed by atoms with E-state index in [1.54, 1.807) is 45.0 Å². The lowest BCUT2D eigenvalue weighted by Gasteiger charge is -2.35. The van der Waals surface area contributed by atoms with Crippen molar-refractivity contribution in [1.82, 2.24) is 10.2 Å². The third kappa shape index (κ3) is 8.85. The van der Waals surface area contributed by atoms with Crippen LogP contribution >= 0.6 is 11.6 Å². The molecule has 3 amide bonds. The zero-order valence-corrected chi connectivity index (χ0v) is 26.3. The number of phenols is 1. The van der Waals surface area contributed by atoms with Crippen molar-refractivity contribution < 1.29 is 24.2 Å². The molecule has 8 nitrogen and oxygen atoms in total. The van der Waals surface area contributed by atoms with Gasteiger partial charge in [0.2, 0.25) is 5.91 Å². The van der Waals surface area contributed by atoms with Crippen LogP contribution < -0.4 is 10.6 Å². The minimum atomic E-state index is -1.11. The quantitative estimate of drug-likeness (QED) is 0.220. The monoisotopic (exact) mass is 605 g/mol. The van der Waals surface area contributed by atoms with Gasteiger partial charge in [-0.2, -0.15) is 0 Å². The van der Waals surface area contributed by atoms with Crippen LogP contribution in [0.2, 0.25) is 5.02 Å². The smallest absolute Gasteiger partial charge is 0.408 e. The van der Waals surface area contributed by atoms with Crippen molar-refractivity contribution in [2.45, 2.75) is 65.6 Å². The maximum absolute atomic E-state index is 14.5.